The Balaban J connectivity index is 1.82. The van der Waals surface area contributed by atoms with Gasteiger partial charge in [0.15, 0.2) is 8.68 Å². The number of aryl methyl sites for hydroxylation is 2. The summed E-state index contributed by atoms with van der Waals surface area (Å²) in [5, 5.41) is 13.3. The fourth-order valence-electron chi connectivity index (χ4n) is 2.14. The molecule has 2 rings (SSSR count). The second-order valence-electron chi connectivity index (χ2n) is 5.56. The number of rotatable bonds is 8. The van der Waals surface area contributed by atoms with Crippen molar-refractivity contribution in [1.29, 1.82) is 0 Å². The first-order chi connectivity index (χ1) is 12.4. The van der Waals surface area contributed by atoms with E-state index < -0.39 is 0 Å². The number of benzene rings is 1. The Kier molecular flexibility index (Phi) is 7.92. The van der Waals surface area contributed by atoms with Crippen LogP contribution in [0.1, 0.15) is 25.0 Å². The Morgan fingerprint density at radius 1 is 1.19 bits per heavy atom. The van der Waals surface area contributed by atoms with Gasteiger partial charge in [0.25, 0.3) is 0 Å². The fraction of sp³-hybridized carbons (Fsp3) is 0.412. The van der Waals surface area contributed by atoms with Crippen molar-refractivity contribution in [2.45, 2.75) is 41.6 Å². The van der Waals surface area contributed by atoms with E-state index in [0.717, 1.165) is 31.2 Å². The Bertz CT molecular complexity index is 759. The standard InChI is InChI=1S/C17H22N4O2S3/c1-5-24-16-20-21-17(26-16)25-12(4)15(23)18-9-13(22)19-14-10(2)7-6-8-11(14)3/h6-8,12H,5,9H2,1-4H3,(H,18,23)(H,19,22)/t12-/m1/s1. The first-order valence-corrected chi connectivity index (χ1v) is 10.9. The molecule has 0 spiro atoms. The predicted molar refractivity (Wildman–Crippen MR) is 109 cm³/mol. The molecule has 0 radical (unpaired) electrons. The average Bonchev–Trinajstić information content (AvgIpc) is 3.03. The van der Waals surface area contributed by atoms with E-state index in [1.807, 2.05) is 32.0 Å². The molecule has 1 heterocycles. The van der Waals surface area contributed by atoms with Crippen molar-refractivity contribution >= 4 is 52.4 Å². The second-order valence-corrected chi connectivity index (χ2v) is 9.64. The highest BCUT2D eigenvalue weighted by atomic mass is 32.2. The van der Waals surface area contributed by atoms with Gasteiger partial charge >= 0.3 is 0 Å². The lowest BCUT2D eigenvalue weighted by Crippen LogP contribution is -2.37. The van der Waals surface area contributed by atoms with Gasteiger partial charge in [-0.25, -0.2) is 0 Å². The van der Waals surface area contributed by atoms with Crippen molar-refractivity contribution in [3.63, 3.8) is 0 Å². The molecule has 9 heteroatoms. The molecule has 0 bridgehead atoms. The maximum Gasteiger partial charge on any atom is 0.243 e. The molecule has 1 aromatic heterocycles. The number of nitrogens with one attached hydrogen (secondary N) is 2. The maximum absolute atomic E-state index is 12.2. The zero-order valence-corrected chi connectivity index (χ0v) is 17.6. The van der Waals surface area contributed by atoms with Crippen molar-refractivity contribution in [2.75, 3.05) is 17.6 Å². The van der Waals surface area contributed by atoms with Gasteiger partial charge in [-0.05, 0) is 37.7 Å². The molecule has 2 N–H and O–H groups in total. The summed E-state index contributed by atoms with van der Waals surface area (Å²) in [5.74, 6) is 0.488. The van der Waals surface area contributed by atoms with Crippen LogP contribution in [0, 0.1) is 13.8 Å². The van der Waals surface area contributed by atoms with Crippen LogP contribution in [0.3, 0.4) is 0 Å². The number of thioether (sulfide) groups is 2. The third-order valence-electron chi connectivity index (χ3n) is 3.47. The Morgan fingerprint density at radius 2 is 1.85 bits per heavy atom. The molecule has 0 unspecified atom stereocenters. The summed E-state index contributed by atoms with van der Waals surface area (Å²) in [6.07, 6.45) is 0. The molecule has 0 saturated heterocycles. The van der Waals surface area contributed by atoms with Crippen LogP contribution in [-0.4, -0.2) is 39.6 Å². The summed E-state index contributed by atoms with van der Waals surface area (Å²) in [6, 6.07) is 5.82. The highest BCUT2D eigenvalue weighted by Crippen LogP contribution is 2.31. The molecule has 0 saturated carbocycles. The molecule has 2 aromatic rings. The minimum atomic E-state index is -0.351. The van der Waals surface area contributed by atoms with Crippen LogP contribution in [0.15, 0.2) is 26.9 Å². The molecular formula is C17H22N4O2S3. The number of amides is 2. The molecule has 0 fully saturated rings. The van der Waals surface area contributed by atoms with Crippen molar-refractivity contribution in [3.05, 3.63) is 29.3 Å². The topological polar surface area (TPSA) is 84.0 Å². The first kappa shape index (κ1) is 20.7. The lowest BCUT2D eigenvalue weighted by Gasteiger charge is -2.13. The Labute approximate surface area is 165 Å². The zero-order valence-electron chi connectivity index (χ0n) is 15.2. The molecule has 0 aliphatic carbocycles. The van der Waals surface area contributed by atoms with Crippen molar-refractivity contribution in [1.82, 2.24) is 15.5 Å². The maximum atomic E-state index is 12.2. The van der Waals surface area contributed by atoms with Crippen LogP contribution in [0.5, 0.6) is 0 Å². The molecular weight excluding hydrogens is 388 g/mol. The number of aromatic nitrogens is 2. The summed E-state index contributed by atoms with van der Waals surface area (Å²) in [4.78, 5) is 24.3. The van der Waals surface area contributed by atoms with Crippen LogP contribution in [-0.2, 0) is 9.59 Å². The largest absolute Gasteiger partial charge is 0.346 e. The molecule has 0 aliphatic rings. The third-order valence-corrected chi connectivity index (χ3v) is 6.59. The second kappa shape index (κ2) is 9.94. The van der Waals surface area contributed by atoms with Crippen LogP contribution in [0.25, 0.3) is 0 Å². The predicted octanol–water partition coefficient (Wildman–Crippen LogP) is 3.50. The minimum Gasteiger partial charge on any atom is -0.346 e. The SMILES string of the molecule is CCSc1nnc(S[C@H](C)C(=O)NCC(=O)Nc2c(C)cccc2C)s1. The van der Waals surface area contributed by atoms with Crippen molar-refractivity contribution in [2.24, 2.45) is 0 Å². The van der Waals surface area contributed by atoms with Gasteiger partial charge in [-0.1, -0.05) is 60.0 Å². The molecule has 1 aromatic carbocycles. The van der Waals surface area contributed by atoms with E-state index in [4.69, 9.17) is 0 Å². The number of hydrogen-bond acceptors (Lipinski definition) is 7. The molecule has 2 amide bonds. The Morgan fingerprint density at radius 3 is 2.50 bits per heavy atom. The van der Waals surface area contributed by atoms with E-state index in [9.17, 15) is 9.59 Å². The number of anilines is 1. The summed E-state index contributed by atoms with van der Waals surface area (Å²) in [7, 11) is 0. The number of carbonyl (C=O) groups excluding carboxylic acids is 2. The van der Waals surface area contributed by atoms with Gasteiger partial charge in [0.2, 0.25) is 11.8 Å². The van der Waals surface area contributed by atoms with Gasteiger partial charge < -0.3 is 10.6 Å². The summed E-state index contributed by atoms with van der Waals surface area (Å²) in [5.41, 5.74) is 2.78. The van der Waals surface area contributed by atoms with E-state index in [1.165, 1.54) is 23.1 Å². The summed E-state index contributed by atoms with van der Waals surface area (Å²) >= 11 is 4.45. The quantitative estimate of drug-likeness (QED) is 0.648. The van der Waals surface area contributed by atoms with Gasteiger partial charge in [0.1, 0.15) is 0 Å². The van der Waals surface area contributed by atoms with Crippen molar-refractivity contribution < 1.29 is 9.59 Å². The van der Waals surface area contributed by atoms with E-state index >= 15 is 0 Å². The third kappa shape index (κ3) is 6.00. The number of nitrogens with zero attached hydrogens (tertiary/aromatic N) is 2. The average molecular weight is 411 g/mol. The fourth-order valence-corrected chi connectivity index (χ4v) is 5.22. The van der Waals surface area contributed by atoms with Gasteiger partial charge in [-0.15, -0.1) is 10.2 Å². The van der Waals surface area contributed by atoms with Crippen molar-refractivity contribution in [3.8, 4) is 0 Å². The lowest BCUT2D eigenvalue weighted by molar-refractivity contribution is -0.123. The summed E-state index contributed by atoms with van der Waals surface area (Å²) < 4.78 is 1.65. The highest BCUT2D eigenvalue weighted by Gasteiger charge is 2.18. The lowest BCUT2D eigenvalue weighted by atomic mass is 10.1. The monoisotopic (exact) mass is 410 g/mol. The number of carbonyl (C=O) groups is 2. The van der Waals surface area contributed by atoms with Crippen LogP contribution >= 0.6 is 34.9 Å². The van der Waals surface area contributed by atoms with Gasteiger partial charge in [-0.2, -0.15) is 0 Å². The molecule has 0 aliphatic heterocycles. The summed E-state index contributed by atoms with van der Waals surface area (Å²) in [6.45, 7) is 7.65. The number of para-hydroxylation sites is 1. The first-order valence-electron chi connectivity index (χ1n) is 8.17. The van der Waals surface area contributed by atoms with E-state index in [-0.39, 0.29) is 23.6 Å². The van der Waals surface area contributed by atoms with E-state index in [2.05, 4.69) is 27.8 Å². The van der Waals surface area contributed by atoms with Gasteiger partial charge in [0.05, 0.1) is 11.8 Å². The molecule has 1 atom stereocenters. The van der Waals surface area contributed by atoms with Crippen LogP contribution < -0.4 is 10.6 Å². The molecule has 140 valence electrons. The minimum absolute atomic E-state index is 0.0649. The normalized spacial score (nSPS) is 11.8. The number of hydrogen-bond donors (Lipinski definition) is 2. The smallest absolute Gasteiger partial charge is 0.243 e. The zero-order chi connectivity index (χ0) is 19.1. The highest BCUT2D eigenvalue weighted by molar-refractivity contribution is 8.03. The van der Waals surface area contributed by atoms with Gasteiger partial charge in [0, 0.05) is 5.69 Å². The van der Waals surface area contributed by atoms with E-state index in [0.29, 0.717) is 0 Å². The molecule has 26 heavy (non-hydrogen) atoms. The molecule has 6 nitrogen and oxygen atoms in total. The van der Waals surface area contributed by atoms with Gasteiger partial charge in [-0.3, -0.25) is 9.59 Å². The van der Waals surface area contributed by atoms with E-state index in [1.54, 1.807) is 18.7 Å². The Hall–Kier alpha value is -1.58. The van der Waals surface area contributed by atoms with Crippen LogP contribution in [0.4, 0.5) is 5.69 Å². The van der Waals surface area contributed by atoms with Crippen LogP contribution in [0.2, 0.25) is 0 Å².